The van der Waals surface area contributed by atoms with Crippen LogP contribution in [0.25, 0.3) is 0 Å². The molecule has 2 aliphatic rings. The molecule has 1 N–H and O–H groups in total. The Hall–Kier alpha value is -2.43. The third kappa shape index (κ3) is 3.18. The molecule has 1 aliphatic heterocycles. The van der Waals surface area contributed by atoms with Gasteiger partial charge >= 0.3 is 0 Å². The molecule has 136 valence electrons. The lowest BCUT2D eigenvalue weighted by Crippen LogP contribution is -2.54. The fourth-order valence-corrected chi connectivity index (χ4v) is 5.03. The van der Waals surface area contributed by atoms with Crippen LogP contribution in [0.15, 0.2) is 23.2 Å². The monoisotopic (exact) mass is 376 g/mol. The van der Waals surface area contributed by atoms with Crippen molar-refractivity contribution in [2.75, 3.05) is 12.8 Å². The fraction of sp³-hybridized carbons (Fsp3) is 0.467. The van der Waals surface area contributed by atoms with Crippen molar-refractivity contribution in [2.45, 2.75) is 31.2 Å². The summed E-state index contributed by atoms with van der Waals surface area (Å²) in [6.45, 7) is 0. The number of aryl methyl sites for hydroxylation is 1. The van der Waals surface area contributed by atoms with Crippen LogP contribution in [-0.2, 0) is 22.0 Å². The van der Waals surface area contributed by atoms with Crippen molar-refractivity contribution < 1.29 is 18.1 Å². The van der Waals surface area contributed by atoms with E-state index in [2.05, 4.69) is 10.3 Å². The zero-order valence-electron chi connectivity index (χ0n) is 14.1. The summed E-state index contributed by atoms with van der Waals surface area (Å²) in [6, 6.07) is 4.46. The maximum absolute atomic E-state index is 12.7. The number of benzene rings is 1. The van der Waals surface area contributed by atoms with Crippen molar-refractivity contribution in [1.82, 2.24) is 9.62 Å². The number of nitro groups is 1. The van der Waals surface area contributed by atoms with Crippen LogP contribution in [0.5, 0.6) is 0 Å². The molecule has 0 unspecified atom stereocenters. The largest absolute Gasteiger partial charge is 0.306 e. The normalized spacial score (nSPS) is 24.3. The fourth-order valence-electron chi connectivity index (χ4n) is 3.52. The highest BCUT2D eigenvalue weighted by Gasteiger charge is 2.46. The van der Waals surface area contributed by atoms with Crippen molar-refractivity contribution in [3.8, 4) is 0 Å². The molecule has 0 fully saturated rings. The van der Waals surface area contributed by atoms with Crippen LogP contribution in [-0.4, -0.2) is 50.1 Å². The second-order valence-corrected chi connectivity index (χ2v) is 8.49. The van der Waals surface area contributed by atoms with E-state index < -0.39 is 26.3 Å². The van der Waals surface area contributed by atoms with E-state index in [4.69, 9.17) is 7.85 Å². The topological polar surface area (TPSA) is 122 Å². The molecular weight excluding hydrogens is 359 g/mol. The van der Waals surface area contributed by atoms with E-state index in [9.17, 15) is 23.3 Å². The minimum Gasteiger partial charge on any atom is -0.306 e. The Balaban J connectivity index is 2.25. The lowest BCUT2D eigenvalue weighted by molar-refractivity contribution is -0.385. The van der Waals surface area contributed by atoms with E-state index >= 15 is 0 Å². The lowest BCUT2D eigenvalue weighted by Gasteiger charge is -2.38. The molecule has 0 aromatic heterocycles. The third-order valence-corrected chi connectivity index (χ3v) is 6.63. The summed E-state index contributed by atoms with van der Waals surface area (Å²) in [5.74, 6) is -1.44. The SMILES string of the molecule is [B]C(=O)NC1=N[C@@]2(CCCCc3ccc([N+](=O)[O-])cc32)CS(=O)(=O)N1C. The molecule has 9 nitrogen and oxygen atoms in total. The van der Waals surface area contributed by atoms with Gasteiger partial charge in [-0.3, -0.25) is 14.9 Å². The molecule has 1 aliphatic carbocycles. The number of hydrogen-bond acceptors (Lipinski definition) is 6. The van der Waals surface area contributed by atoms with Gasteiger partial charge in [-0.2, -0.15) is 0 Å². The number of non-ortho nitro benzene ring substituents is 1. The number of amides is 1. The molecule has 3 rings (SSSR count). The van der Waals surface area contributed by atoms with Gasteiger partial charge in [0.15, 0.2) is 5.81 Å². The summed E-state index contributed by atoms with van der Waals surface area (Å²) in [4.78, 5) is 26.5. The van der Waals surface area contributed by atoms with Gasteiger partial charge in [0.25, 0.3) is 5.69 Å². The molecule has 1 aromatic rings. The summed E-state index contributed by atoms with van der Waals surface area (Å²) in [6.07, 6.45) is 2.60. The number of aliphatic imine (C=N–C) groups is 1. The Morgan fingerprint density at radius 2 is 2.15 bits per heavy atom. The molecule has 1 spiro atoms. The third-order valence-electron chi connectivity index (χ3n) is 4.78. The highest BCUT2D eigenvalue weighted by atomic mass is 32.2. The highest BCUT2D eigenvalue weighted by Crippen LogP contribution is 2.42. The first kappa shape index (κ1) is 18.4. The average molecular weight is 376 g/mol. The first-order valence-corrected chi connectivity index (χ1v) is 9.66. The van der Waals surface area contributed by atoms with Gasteiger partial charge < -0.3 is 5.32 Å². The minimum absolute atomic E-state index is 0.124. The molecule has 1 atom stereocenters. The molecule has 2 radical (unpaired) electrons. The van der Waals surface area contributed by atoms with Gasteiger partial charge in [-0.15, -0.1) is 0 Å². The first-order chi connectivity index (χ1) is 12.1. The number of nitrogens with zero attached hydrogens (tertiary/aromatic N) is 3. The van der Waals surface area contributed by atoms with E-state index in [0.29, 0.717) is 24.8 Å². The zero-order chi connectivity index (χ0) is 19.1. The Morgan fingerprint density at radius 1 is 1.42 bits per heavy atom. The van der Waals surface area contributed by atoms with Crippen molar-refractivity contribution in [2.24, 2.45) is 4.99 Å². The van der Waals surface area contributed by atoms with Crippen LogP contribution in [0.1, 0.15) is 30.4 Å². The number of carbonyl (C=O) groups excluding carboxylic acids is 1. The molecule has 0 saturated heterocycles. The summed E-state index contributed by atoms with van der Waals surface area (Å²) < 4.78 is 26.3. The zero-order valence-corrected chi connectivity index (χ0v) is 15.0. The van der Waals surface area contributed by atoms with E-state index in [-0.39, 0.29) is 17.4 Å². The van der Waals surface area contributed by atoms with E-state index in [1.54, 1.807) is 6.07 Å². The smallest absolute Gasteiger partial charge is 0.269 e. The van der Waals surface area contributed by atoms with Gasteiger partial charge in [0.1, 0.15) is 5.54 Å². The van der Waals surface area contributed by atoms with Crippen LogP contribution in [0, 0.1) is 10.1 Å². The van der Waals surface area contributed by atoms with Crippen LogP contribution < -0.4 is 5.32 Å². The quantitative estimate of drug-likeness (QED) is 0.446. The second-order valence-electron chi connectivity index (χ2n) is 6.49. The van der Waals surface area contributed by atoms with Crippen LogP contribution in [0.4, 0.5) is 10.5 Å². The van der Waals surface area contributed by atoms with Crippen molar-refractivity contribution in [1.29, 1.82) is 0 Å². The van der Waals surface area contributed by atoms with Crippen LogP contribution in [0.2, 0.25) is 0 Å². The number of nitrogens with one attached hydrogen (secondary N) is 1. The number of fused-ring (bicyclic) bond motifs is 2. The first-order valence-electron chi connectivity index (χ1n) is 8.05. The molecule has 11 heteroatoms. The number of carbonyl (C=O) groups is 1. The van der Waals surface area contributed by atoms with Gasteiger partial charge in [-0.05, 0) is 30.4 Å². The van der Waals surface area contributed by atoms with E-state index in [0.717, 1.165) is 16.3 Å². The maximum Gasteiger partial charge on any atom is 0.269 e. The van der Waals surface area contributed by atoms with E-state index in [1.807, 2.05) is 0 Å². The van der Waals surface area contributed by atoms with Gasteiger partial charge in [0, 0.05) is 19.2 Å². The Labute approximate surface area is 152 Å². The number of rotatable bonds is 1. The molecule has 1 heterocycles. The van der Waals surface area contributed by atoms with Crippen molar-refractivity contribution >= 4 is 35.3 Å². The average Bonchev–Trinajstić information content (AvgIpc) is 2.71. The van der Waals surface area contributed by atoms with Gasteiger partial charge in [-0.25, -0.2) is 17.7 Å². The predicted octanol–water partition coefficient (Wildman–Crippen LogP) is 1.03. The van der Waals surface area contributed by atoms with Gasteiger partial charge in [-0.1, -0.05) is 12.5 Å². The number of hydrogen-bond donors (Lipinski definition) is 1. The van der Waals surface area contributed by atoms with Gasteiger partial charge in [0.05, 0.1) is 10.7 Å². The van der Waals surface area contributed by atoms with Crippen LogP contribution >= 0.6 is 0 Å². The second kappa shape index (κ2) is 6.38. The number of sulfonamides is 1. The van der Waals surface area contributed by atoms with Gasteiger partial charge in [0.2, 0.25) is 23.8 Å². The number of nitro benzene ring substituents is 1. The standard InChI is InChI=1S/C15H17BN4O5S/c1-19-14(17-13(16)21)18-15(9-26(19,24)25)7-3-2-4-10-5-6-11(20(22)23)8-12(10)15/h5-6,8H,2-4,7,9H2,1H3,(H,17,18,21)/t15-/m0/s1. The molecule has 0 bridgehead atoms. The molecule has 26 heavy (non-hydrogen) atoms. The van der Waals surface area contributed by atoms with Crippen molar-refractivity contribution in [3.05, 3.63) is 39.4 Å². The summed E-state index contributed by atoms with van der Waals surface area (Å²) in [5, 5.41) is 13.5. The minimum atomic E-state index is -3.79. The highest BCUT2D eigenvalue weighted by molar-refractivity contribution is 7.89. The lowest BCUT2D eigenvalue weighted by atomic mass is 9.86. The summed E-state index contributed by atoms with van der Waals surface area (Å²) in [5.41, 5.74) is 0.0293. The molecular formula is C15H17BN4O5S. The molecule has 0 saturated carbocycles. The Morgan fingerprint density at radius 3 is 2.81 bits per heavy atom. The molecule has 1 aromatic carbocycles. The van der Waals surface area contributed by atoms with Crippen molar-refractivity contribution in [3.63, 3.8) is 0 Å². The Kier molecular flexibility index (Phi) is 4.51. The number of guanidine groups is 1. The molecule has 1 amide bonds. The maximum atomic E-state index is 12.7. The predicted molar refractivity (Wildman–Crippen MR) is 95.6 cm³/mol. The van der Waals surface area contributed by atoms with Crippen LogP contribution in [0.3, 0.4) is 0 Å². The summed E-state index contributed by atoms with van der Waals surface area (Å²) >= 11 is 0. The van der Waals surface area contributed by atoms with E-state index in [1.165, 1.54) is 19.2 Å². The summed E-state index contributed by atoms with van der Waals surface area (Å²) in [7, 11) is 2.63. The Bertz CT molecular complexity index is 917.